The number of carbonyl (C=O) groups excluding carboxylic acids is 1. The van der Waals surface area contributed by atoms with Gasteiger partial charge in [0, 0.05) is 17.7 Å². The van der Waals surface area contributed by atoms with E-state index in [1.807, 2.05) is 6.07 Å². The van der Waals surface area contributed by atoms with Crippen molar-refractivity contribution in [3.8, 4) is 17.3 Å². The summed E-state index contributed by atoms with van der Waals surface area (Å²) < 4.78 is 4.73. The minimum atomic E-state index is -0.738. The minimum absolute atomic E-state index is 0.0305. The van der Waals surface area contributed by atoms with Crippen molar-refractivity contribution in [1.29, 1.82) is 5.26 Å². The van der Waals surface area contributed by atoms with E-state index in [2.05, 4.69) is 4.98 Å². The van der Waals surface area contributed by atoms with Crippen LogP contribution in [0.4, 0.5) is 11.4 Å². The number of esters is 1. The Hall–Kier alpha value is -3.12. The molecule has 0 aliphatic carbocycles. The number of hydrogen-bond acceptors (Lipinski definition) is 8. The fourth-order valence-corrected chi connectivity index (χ4v) is 2.64. The Bertz CT molecular complexity index is 859. The fourth-order valence-electron chi connectivity index (χ4n) is 2.10. The van der Waals surface area contributed by atoms with Gasteiger partial charge in [0.15, 0.2) is 0 Å². The highest BCUT2D eigenvalue weighted by Gasteiger charge is 2.24. The first kappa shape index (κ1) is 17.2. The third-order valence-electron chi connectivity index (χ3n) is 3.25. The highest BCUT2D eigenvalue weighted by atomic mass is 32.2. The number of ether oxygens (including phenoxy) is 1. The molecule has 0 unspecified atom stereocenters. The molecule has 8 nitrogen and oxygen atoms in total. The summed E-state index contributed by atoms with van der Waals surface area (Å²) in [7, 11) is 1.19. The highest BCUT2D eigenvalue weighted by molar-refractivity contribution is 7.98. The molecule has 1 heterocycles. The first-order chi connectivity index (χ1) is 11.4. The molecule has 0 saturated heterocycles. The number of hydrogen-bond donors (Lipinski definition) is 1. The predicted molar refractivity (Wildman–Crippen MR) is 88.6 cm³/mol. The average molecular weight is 344 g/mol. The predicted octanol–water partition coefficient (Wildman–Crippen LogP) is 2.62. The van der Waals surface area contributed by atoms with Gasteiger partial charge in [-0.15, -0.1) is 11.8 Å². The quantitative estimate of drug-likeness (QED) is 0.387. The summed E-state index contributed by atoms with van der Waals surface area (Å²) in [6, 6.07) is 7.45. The van der Waals surface area contributed by atoms with Crippen molar-refractivity contribution in [2.24, 2.45) is 0 Å². The van der Waals surface area contributed by atoms with Crippen LogP contribution in [0.3, 0.4) is 0 Å². The van der Waals surface area contributed by atoms with Crippen molar-refractivity contribution in [2.45, 2.75) is 5.03 Å². The zero-order valence-electron chi connectivity index (χ0n) is 12.8. The number of rotatable bonds is 4. The van der Waals surface area contributed by atoms with Gasteiger partial charge < -0.3 is 10.5 Å². The number of nitrogens with zero attached hydrogens (tertiary/aromatic N) is 3. The molecule has 0 saturated carbocycles. The second-order valence-electron chi connectivity index (χ2n) is 4.54. The Kier molecular flexibility index (Phi) is 5.01. The minimum Gasteiger partial charge on any atom is -0.465 e. The molecule has 2 aromatic rings. The van der Waals surface area contributed by atoms with E-state index < -0.39 is 10.9 Å². The van der Waals surface area contributed by atoms with E-state index >= 15 is 0 Å². The Morgan fingerprint density at radius 1 is 1.42 bits per heavy atom. The number of anilines is 1. The number of pyridine rings is 1. The van der Waals surface area contributed by atoms with Crippen LogP contribution >= 0.6 is 11.8 Å². The van der Waals surface area contributed by atoms with Crippen molar-refractivity contribution in [1.82, 2.24) is 4.98 Å². The lowest BCUT2D eigenvalue weighted by atomic mass is 10.0. The van der Waals surface area contributed by atoms with Crippen LogP contribution in [0.1, 0.15) is 15.9 Å². The zero-order chi connectivity index (χ0) is 17.9. The fraction of sp³-hybridized carbons (Fsp3) is 0.133. The molecule has 2 rings (SSSR count). The Morgan fingerprint density at radius 2 is 2.04 bits per heavy atom. The number of benzene rings is 1. The number of nitro benzene ring substituents is 1. The van der Waals surface area contributed by atoms with Crippen molar-refractivity contribution in [3.05, 3.63) is 45.5 Å². The molecule has 0 spiro atoms. The van der Waals surface area contributed by atoms with Gasteiger partial charge in [-0.05, 0) is 18.4 Å². The van der Waals surface area contributed by atoms with Gasteiger partial charge in [-0.25, -0.2) is 9.78 Å². The first-order valence-electron chi connectivity index (χ1n) is 6.55. The van der Waals surface area contributed by atoms with Crippen LogP contribution in [0.15, 0.2) is 29.3 Å². The average Bonchev–Trinajstić information content (AvgIpc) is 2.60. The molecular formula is C15H12N4O4S. The van der Waals surface area contributed by atoms with Crippen molar-refractivity contribution in [3.63, 3.8) is 0 Å². The van der Waals surface area contributed by atoms with Gasteiger partial charge in [-0.1, -0.05) is 0 Å². The lowest BCUT2D eigenvalue weighted by Crippen LogP contribution is -2.12. The van der Waals surface area contributed by atoms with Crippen LogP contribution < -0.4 is 5.73 Å². The molecule has 0 bridgehead atoms. The molecule has 24 heavy (non-hydrogen) atoms. The molecule has 2 N–H and O–H groups in total. The number of non-ortho nitro benzene ring substituents is 1. The SMILES string of the molecule is COC(=O)c1c(-c2ccc([N+](=O)[O-])cc2)nc(SC)c(C#N)c1N. The van der Waals surface area contributed by atoms with E-state index in [0.29, 0.717) is 10.6 Å². The molecule has 1 aromatic heterocycles. The molecule has 0 radical (unpaired) electrons. The van der Waals surface area contributed by atoms with Gasteiger partial charge in [0.25, 0.3) is 5.69 Å². The van der Waals surface area contributed by atoms with Crippen LogP contribution in [0.5, 0.6) is 0 Å². The third-order valence-corrected chi connectivity index (χ3v) is 3.93. The molecule has 1 aromatic carbocycles. The molecular weight excluding hydrogens is 332 g/mol. The molecule has 9 heteroatoms. The normalized spacial score (nSPS) is 10.0. The lowest BCUT2D eigenvalue weighted by Gasteiger charge is -2.13. The zero-order valence-corrected chi connectivity index (χ0v) is 13.6. The highest BCUT2D eigenvalue weighted by Crippen LogP contribution is 2.34. The summed E-state index contributed by atoms with van der Waals surface area (Å²) in [5, 5.41) is 20.4. The number of nitriles is 1. The Labute approximate surface area is 141 Å². The van der Waals surface area contributed by atoms with Crippen LogP contribution in [-0.4, -0.2) is 29.2 Å². The second-order valence-corrected chi connectivity index (χ2v) is 5.34. The first-order valence-corrected chi connectivity index (χ1v) is 7.77. The number of thioether (sulfide) groups is 1. The smallest absolute Gasteiger partial charge is 0.342 e. The maximum absolute atomic E-state index is 12.1. The Balaban J connectivity index is 2.76. The number of aromatic nitrogens is 1. The van der Waals surface area contributed by atoms with Gasteiger partial charge in [0.05, 0.1) is 23.4 Å². The second kappa shape index (κ2) is 6.97. The van der Waals surface area contributed by atoms with Crippen LogP contribution in [0.25, 0.3) is 11.3 Å². The largest absolute Gasteiger partial charge is 0.465 e. The van der Waals surface area contributed by atoms with Gasteiger partial charge in [0.2, 0.25) is 0 Å². The third kappa shape index (κ3) is 3.00. The van der Waals surface area contributed by atoms with Gasteiger partial charge >= 0.3 is 5.97 Å². The number of methoxy groups -OCH3 is 1. The van der Waals surface area contributed by atoms with E-state index in [1.54, 1.807) is 6.26 Å². The molecule has 0 amide bonds. The number of nitro groups is 1. The van der Waals surface area contributed by atoms with Gasteiger partial charge in [0.1, 0.15) is 22.2 Å². The van der Waals surface area contributed by atoms with E-state index in [4.69, 9.17) is 10.5 Å². The molecule has 0 aliphatic rings. The molecule has 122 valence electrons. The molecule has 0 aliphatic heterocycles. The maximum atomic E-state index is 12.1. The molecule has 0 fully saturated rings. The Morgan fingerprint density at radius 3 is 2.50 bits per heavy atom. The van der Waals surface area contributed by atoms with E-state index in [0.717, 1.165) is 0 Å². The number of carbonyl (C=O) groups is 1. The van der Waals surface area contributed by atoms with Crippen LogP contribution in [0, 0.1) is 21.4 Å². The number of nitrogens with two attached hydrogens (primary N) is 1. The molecule has 0 atom stereocenters. The van der Waals surface area contributed by atoms with Crippen molar-refractivity contribution >= 4 is 29.1 Å². The monoisotopic (exact) mass is 344 g/mol. The summed E-state index contributed by atoms with van der Waals surface area (Å²) in [6.07, 6.45) is 1.72. The van der Waals surface area contributed by atoms with Crippen LogP contribution in [0.2, 0.25) is 0 Å². The van der Waals surface area contributed by atoms with Crippen molar-refractivity contribution < 1.29 is 14.5 Å². The summed E-state index contributed by atoms with van der Waals surface area (Å²) in [6.45, 7) is 0. The van der Waals surface area contributed by atoms with E-state index in [1.165, 1.54) is 43.1 Å². The summed E-state index contributed by atoms with van der Waals surface area (Å²) >= 11 is 1.21. The number of nitrogen functional groups attached to an aromatic ring is 1. The van der Waals surface area contributed by atoms with E-state index in [9.17, 15) is 20.2 Å². The van der Waals surface area contributed by atoms with Crippen molar-refractivity contribution in [2.75, 3.05) is 19.1 Å². The summed E-state index contributed by atoms with van der Waals surface area (Å²) in [5.41, 5.74) is 6.56. The van der Waals surface area contributed by atoms with Gasteiger partial charge in [-0.3, -0.25) is 10.1 Å². The summed E-state index contributed by atoms with van der Waals surface area (Å²) in [4.78, 5) is 26.7. The van der Waals surface area contributed by atoms with E-state index in [-0.39, 0.29) is 28.2 Å². The summed E-state index contributed by atoms with van der Waals surface area (Å²) in [5.74, 6) is -0.738. The maximum Gasteiger partial charge on any atom is 0.342 e. The topological polar surface area (TPSA) is 132 Å². The van der Waals surface area contributed by atoms with Gasteiger partial charge in [-0.2, -0.15) is 5.26 Å². The standard InChI is InChI=1S/C15H12N4O4S/c1-23-15(20)11-12(17)10(7-16)14(24-2)18-13(11)8-3-5-9(6-4-8)19(21)22/h3-6H,1-2H3,(H2,17,18). The van der Waals surface area contributed by atoms with Crippen LogP contribution in [-0.2, 0) is 4.74 Å². The lowest BCUT2D eigenvalue weighted by molar-refractivity contribution is -0.384.